The Hall–Kier alpha value is 0.640. The van der Waals surface area contributed by atoms with E-state index in [4.69, 9.17) is 10.7 Å². The van der Waals surface area contributed by atoms with Gasteiger partial charge in [-0.25, -0.2) is 0 Å². The van der Waals surface area contributed by atoms with Crippen molar-refractivity contribution in [3.05, 3.63) is 0 Å². The summed E-state index contributed by atoms with van der Waals surface area (Å²) >= 11 is 0. The predicted molar refractivity (Wildman–Crippen MR) is 51.6 cm³/mol. The quantitative estimate of drug-likeness (QED) is 0.617. The smallest absolute Gasteiger partial charge is 0.0260 e. The summed E-state index contributed by atoms with van der Waals surface area (Å²) in [5, 5.41) is 0. The first kappa shape index (κ1) is 10.6. The number of hydrogen-bond acceptors (Lipinski definition) is 1. The zero-order valence-corrected chi connectivity index (χ0v) is 9.07. The van der Waals surface area contributed by atoms with Gasteiger partial charge in [0.25, 0.3) is 0 Å². The summed E-state index contributed by atoms with van der Waals surface area (Å²) in [6.45, 7) is 11.1. The van der Waals surface area contributed by atoms with E-state index >= 15 is 0 Å². The molecule has 0 saturated carbocycles. The van der Waals surface area contributed by atoms with E-state index in [2.05, 4.69) is 34.6 Å². The Labute approximate surface area is 73.2 Å². The van der Waals surface area contributed by atoms with Crippen LogP contribution in [0.25, 0.3) is 0 Å². The van der Waals surface area contributed by atoms with E-state index in [1.807, 2.05) is 0 Å². The fourth-order valence-electron chi connectivity index (χ4n) is 1.30. The number of halogens is 1. The van der Waals surface area contributed by atoms with Crippen molar-refractivity contribution in [1.29, 1.82) is 0 Å². The van der Waals surface area contributed by atoms with Gasteiger partial charge in [-0.3, -0.25) is 0 Å². The summed E-state index contributed by atoms with van der Waals surface area (Å²) in [5.41, 5.74) is 0.380. The highest BCUT2D eigenvalue weighted by Gasteiger charge is 2.25. The van der Waals surface area contributed by atoms with Crippen molar-refractivity contribution in [2.24, 2.45) is 5.41 Å². The van der Waals surface area contributed by atoms with Gasteiger partial charge in [-0.05, 0) is 47.3 Å². The highest BCUT2D eigenvalue weighted by Crippen LogP contribution is 2.38. The van der Waals surface area contributed by atoms with Crippen molar-refractivity contribution in [1.82, 2.24) is 0 Å². The maximum atomic E-state index is 5.72. The molecule has 0 aromatic rings. The summed E-state index contributed by atoms with van der Waals surface area (Å²) in [4.78, 5) is 0. The van der Waals surface area contributed by atoms with E-state index in [1.165, 1.54) is 11.0 Å². The summed E-state index contributed by atoms with van der Waals surface area (Å²) in [5.74, 6) is 0. The second-order valence-corrected chi connectivity index (χ2v) is 6.30. The lowest BCUT2D eigenvalue weighted by atomic mass is 9.86. The van der Waals surface area contributed by atoms with Crippen LogP contribution in [0.5, 0.6) is 0 Å². The highest BCUT2D eigenvalue weighted by molar-refractivity contribution is 8.22. The summed E-state index contributed by atoms with van der Waals surface area (Å²) < 4.78 is 0.208. The summed E-state index contributed by atoms with van der Waals surface area (Å²) in [6, 6.07) is 0. The minimum atomic E-state index is 0.208. The van der Waals surface area contributed by atoms with E-state index in [9.17, 15) is 0 Å². The summed E-state index contributed by atoms with van der Waals surface area (Å²) in [6.07, 6.45) is 1.15. The van der Waals surface area contributed by atoms with Crippen LogP contribution in [0.4, 0.5) is 0 Å². The third-order valence-corrected chi connectivity index (χ3v) is 2.98. The minimum absolute atomic E-state index is 0.208. The maximum absolute atomic E-state index is 5.72. The van der Waals surface area contributed by atoms with Crippen molar-refractivity contribution < 1.29 is 0 Å². The first-order valence-corrected chi connectivity index (χ1v) is 5.21. The molecule has 10 heavy (non-hydrogen) atoms. The van der Waals surface area contributed by atoms with Crippen LogP contribution in [-0.2, 0) is 0 Å². The van der Waals surface area contributed by atoms with E-state index in [0.717, 1.165) is 6.42 Å². The largest absolute Gasteiger partial charge is 0.0601 e. The van der Waals surface area contributed by atoms with Crippen molar-refractivity contribution in [2.75, 3.05) is 0 Å². The lowest BCUT2D eigenvalue weighted by Crippen LogP contribution is -2.21. The zero-order valence-electron chi connectivity index (χ0n) is 7.49. The molecule has 0 radical (unpaired) electrons. The van der Waals surface area contributed by atoms with Crippen molar-refractivity contribution >= 4 is 21.7 Å². The number of rotatable bonds is 2. The van der Waals surface area contributed by atoms with Crippen LogP contribution in [0.3, 0.4) is 0 Å². The van der Waals surface area contributed by atoms with Crippen molar-refractivity contribution in [3.8, 4) is 0 Å². The molecule has 0 heterocycles. The number of hydrogen-bond donors (Lipinski definition) is 0. The third-order valence-electron chi connectivity index (χ3n) is 1.16. The average Bonchev–Trinajstić information content (AvgIpc) is 1.60. The van der Waals surface area contributed by atoms with Gasteiger partial charge in [0.1, 0.15) is 0 Å². The van der Waals surface area contributed by atoms with Gasteiger partial charge in [-0.1, -0.05) is 20.8 Å². The third kappa shape index (κ3) is 5.43. The Morgan fingerprint density at radius 3 is 1.60 bits per heavy atom. The van der Waals surface area contributed by atoms with Gasteiger partial charge in [-0.2, -0.15) is 0 Å². The molecular formula is C8H17ClS. The maximum Gasteiger partial charge on any atom is 0.0260 e. The van der Waals surface area contributed by atoms with Crippen LogP contribution >= 0.6 is 21.7 Å². The van der Waals surface area contributed by atoms with Gasteiger partial charge < -0.3 is 0 Å². The van der Waals surface area contributed by atoms with Crippen LogP contribution in [-0.4, -0.2) is 4.75 Å². The second-order valence-electron chi connectivity index (χ2n) is 4.57. The van der Waals surface area contributed by atoms with Gasteiger partial charge in [-0.15, -0.1) is 0 Å². The van der Waals surface area contributed by atoms with Crippen molar-refractivity contribution in [2.45, 2.75) is 45.8 Å². The lowest BCUT2D eigenvalue weighted by Gasteiger charge is -2.29. The van der Waals surface area contributed by atoms with E-state index < -0.39 is 0 Å². The molecule has 0 aromatic heterocycles. The molecule has 0 saturated heterocycles. The van der Waals surface area contributed by atoms with Gasteiger partial charge in [0, 0.05) is 4.75 Å². The van der Waals surface area contributed by atoms with E-state index in [1.54, 1.807) is 0 Å². The highest BCUT2D eigenvalue weighted by atomic mass is 35.7. The molecule has 0 spiro atoms. The van der Waals surface area contributed by atoms with Gasteiger partial charge >= 0.3 is 0 Å². The summed E-state index contributed by atoms with van der Waals surface area (Å²) in [7, 11) is 7.14. The molecule has 2 heteroatoms. The predicted octanol–water partition coefficient (Wildman–Crippen LogP) is 4.09. The van der Waals surface area contributed by atoms with Gasteiger partial charge in [0.2, 0.25) is 0 Å². The molecular weight excluding hydrogens is 164 g/mol. The molecule has 0 N–H and O–H groups in total. The molecule has 0 aliphatic carbocycles. The van der Waals surface area contributed by atoms with Crippen molar-refractivity contribution in [3.63, 3.8) is 0 Å². The van der Waals surface area contributed by atoms with E-state index in [-0.39, 0.29) is 4.75 Å². The minimum Gasteiger partial charge on any atom is -0.0601 e. The molecule has 0 bridgehead atoms. The molecule has 0 atom stereocenters. The molecule has 0 aromatic carbocycles. The molecule has 0 rings (SSSR count). The van der Waals surface area contributed by atoms with Crippen LogP contribution in [0, 0.1) is 5.41 Å². The molecule has 0 nitrogen and oxygen atoms in total. The fourth-order valence-corrected chi connectivity index (χ4v) is 1.96. The monoisotopic (exact) mass is 180 g/mol. The standard InChI is InChI=1S/C8H17ClS/c1-7(2,3)6-8(4,5)10-9/h6H2,1-5H3. The molecule has 0 amide bonds. The van der Waals surface area contributed by atoms with E-state index in [0.29, 0.717) is 5.41 Å². The van der Waals surface area contributed by atoms with Crippen LogP contribution in [0.1, 0.15) is 41.0 Å². The molecule has 0 fully saturated rings. The normalized spacial score (nSPS) is 13.8. The molecule has 62 valence electrons. The Kier molecular flexibility index (Phi) is 3.57. The van der Waals surface area contributed by atoms with Crippen LogP contribution in [0.15, 0.2) is 0 Å². The Morgan fingerprint density at radius 1 is 1.10 bits per heavy atom. The first-order valence-electron chi connectivity index (χ1n) is 3.57. The lowest BCUT2D eigenvalue weighted by molar-refractivity contribution is 0.340. The van der Waals surface area contributed by atoms with Gasteiger partial charge in [0.05, 0.1) is 0 Å². The fraction of sp³-hybridized carbons (Fsp3) is 1.00. The first-order chi connectivity index (χ1) is 4.27. The van der Waals surface area contributed by atoms with Crippen LogP contribution in [0.2, 0.25) is 0 Å². The van der Waals surface area contributed by atoms with Crippen LogP contribution < -0.4 is 0 Å². The molecule has 0 unspecified atom stereocenters. The average molecular weight is 181 g/mol. The topological polar surface area (TPSA) is 0 Å². The zero-order chi connectivity index (χ0) is 8.41. The Balaban J connectivity index is 3.89. The Morgan fingerprint density at radius 2 is 1.50 bits per heavy atom. The second kappa shape index (κ2) is 3.36. The molecule has 0 aliphatic rings. The van der Waals surface area contributed by atoms with Gasteiger partial charge in [0.15, 0.2) is 0 Å². The molecule has 0 aliphatic heterocycles. The SMILES string of the molecule is CC(C)(C)CC(C)(C)SCl. The Bertz CT molecular complexity index is 102.